The van der Waals surface area contributed by atoms with Crippen LogP contribution < -0.4 is 15.2 Å². The molecule has 3 heterocycles. The molecule has 0 aliphatic carbocycles. The van der Waals surface area contributed by atoms with Gasteiger partial charge in [0.2, 0.25) is 0 Å². The van der Waals surface area contributed by atoms with Crippen molar-refractivity contribution >= 4 is 22.8 Å². The standard InChI is InChI=1S/C28H40N6O4/c1-8-10-21-23-24(33(7)31-21)26(35)30-25(29-23)20-17-19(11-12-22(20)37-9-2)32(6)18-13-15-34(16-14-18)27(36)38-28(3,4)5/h11-12,17-18H,8-10,13-16H2,1-7H3,(H,29,30,35). The van der Waals surface area contributed by atoms with Crippen molar-refractivity contribution in [3.63, 3.8) is 0 Å². The van der Waals surface area contributed by atoms with Gasteiger partial charge in [0, 0.05) is 38.9 Å². The Morgan fingerprint density at radius 2 is 1.92 bits per heavy atom. The smallest absolute Gasteiger partial charge is 0.410 e. The molecule has 2 aromatic heterocycles. The molecule has 1 N–H and O–H groups in total. The summed E-state index contributed by atoms with van der Waals surface area (Å²) in [5.41, 5.74) is 2.94. The number of anilines is 1. The molecule has 1 fully saturated rings. The number of nitrogens with one attached hydrogen (secondary N) is 1. The van der Waals surface area contributed by atoms with Crippen LogP contribution in [0.4, 0.5) is 10.5 Å². The summed E-state index contributed by atoms with van der Waals surface area (Å²) in [6, 6.07) is 6.23. The highest BCUT2D eigenvalue weighted by molar-refractivity contribution is 5.80. The minimum atomic E-state index is -0.505. The number of benzene rings is 1. The summed E-state index contributed by atoms with van der Waals surface area (Å²) < 4.78 is 13.1. The first kappa shape index (κ1) is 27.5. The normalized spacial score (nSPS) is 14.7. The maximum absolute atomic E-state index is 13.0. The van der Waals surface area contributed by atoms with E-state index < -0.39 is 5.60 Å². The summed E-state index contributed by atoms with van der Waals surface area (Å²) in [5, 5.41) is 4.55. The number of aryl methyl sites for hydroxylation is 2. The first-order valence-corrected chi connectivity index (χ1v) is 13.5. The SMILES string of the molecule is CCCc1nn(C)c2c(=O)nc(-c3cc(N(C)C4CCN(C(=O)OC(C)(C)C)CC4)ccc3OCC)[nH]c12. The van der Waals surface area contributed by atoms with Gasteiger partial charge in [-0.15, -0.1) is 0 Å². The van der Waals surface area contributed by atoms with Crippen molar-refractivity contribution in [2.45, 2.75) is 71.9 Å². The van der Waals surface area contributed by atoms with Crippen LogP contribution in [0.2, 0.25) is 0 Å². The summed E-state index contributed by atoms with van der Waals surface area (Å²) in [6.07, 6.45) is 3.08. The Bertz CT molecular complexity index is 1350. The van der Waals surface area contributed by atoms with Crippen molar-refractivity contribution in [1.82, 2.24) is 24.6 Å². The van der Waals surface area contributed by atoms with Crippen LogP contribution in [0.25, 0.3) is 22.4 Å². The number of likely N-dealkylation sites (tertiary alicyclic amines) is 1. The number of fused-ring (bicyclic) bond motifs is 1. The van der Waals surface area contributed by atoms with E-state index in [0.717, 1.165) is 48.1 Å². The molecule has 0 unspecified atom stereocenters. The van der Waals surface area contributed by atoms with E-state index in [0.29, 0.717) is 36.8 Å². The Balaban J connectivity index is 1.62. The van der Waals surface area contributed by atoms with Crippen molar-refractivity contribution in [3.8, 4) is 17.1 Å². The van der Waals surface area contributed by atoms with Gasteiger partial charge in [-0.2, -0.15) is 10.1 Å². The van der Waals surface area contributed by atoms with Crippen LogP contribution >= 0.6 is 0 Å². The molecule has 1 aromatic carbocycles. The van der Waals surface area contributed by atoms with Gasteiger partial charge in [0.25, 0.3) is 5.56 Å². The van der Waals surface area contributed by atoms with Gasteiger partial charge in [-0.3, -0.25) is 9.48 Å². The highest BCUT2D eigenvalue weighted by Gasteiger charge is 2.29. The van der Waals surface area contributed by atoms with Gasteiger partial charge >= 0.3 is 6.09 Å². The highest BCUT2D eigenvalue weighted by Crippen LogP contribution is 2.34. The largest absolute Gasteiger partial charge is 0.493 e. The topological polar surface area (TPSA) is 106 Å². The van der Waals surface area contributed by atoms with E-state index in [-0.39, 0.29) is 17.7 Å². The molecule has 206 valence electrons. The molecular formula is C28H40N6O4. The summed E-state index contributed by atoms with van der Waals surface area (Å²) in [5.74, 6) is 1.12. The molecule has 1 aliphatic heterocycles. The Labute approximate surface area is 223 Å². The highest BCUT2D eigenvalue weighted by atomic mass is 16.6. The molecule has 1 aliphatic rings. The zero-order chi connectivity index (χ0) is 27.6. The Morgan fingerprint density at radius 1 is 1.21 bits per heavy atom. The molecule has 38 heavy (non-hydrogen) atoms. The number of piperidine rings is 1. The lowest BCUT2D eigenvalue weighted by Gasteiger charge is -2.38. The Hall–Kier alpha value is -3.56. The van der Waals surface area contributed by atoms with Crippen LogP contribution in [0, 0.1) is 0 Å². The molecule has 3 aromatic rings. The number of aromatic nitrogens is 4. The van der Waals surface area contributed by atoms with E-state index in [2.05, 4.69) is 33.9 Å². The number of hydrogen-bond donors (Lipinski definition) is 1. The maximum Gasteiger partial charge on any atom is 0.410 e. The summed E-state index contributed by atoms with van der Waals surface area (Å²) in [6.45, 7) is 11.4. The van der Waals surface area contributed by atoms with Crippen LogP contribution in [0.5, 0.6) is 5.75 Å². The van der Waals surface area contributed by atoms with Gasteiger partial charge in [-0.05, 0) is 65.2 Å². The van der Waals surface area contributed by atoms with E-state index >= 15 is 0 Å². The Kier molecular flexibility index (Phi) is 7.99. The van der Waals surface area contributed by atoms with Crippen molar-refractivity contribution in [2.24, 2.45) is 7.05 Å². The first-order valence-electron chi connectivity index (χ1n) is 13.5. The second-order valence-corrected chi connectivity index (χ2v) is 10.9. The minimum Gasteiger partial charge on any atom is -0.493 e. The van der Waals surface area contributed by atoms with E-state index in [9.17, 15) is 9.59 Å². The van der Waals surface area contributed by atoms with Gasteiger partial charge in [0.1, 0.15) is 17.2 Å². The molecule has 0 bridgehead atoms. The zero-order valence-electron chi connectivity index (χ0n) is 23.6. The molecule has 1 saturated heterocycles. The number of rotatable bonds is 7. The van der Waals surface area contributed by atoms with Crippen LogP contribution in [-0.4, -0.2) is 69.1 Å². The monoisotopic (exact) mass is 524 g/mol. The number of aromatic amines is 1. The first-order chi connectivity index (χ1) is 18.0. The third-order valence-corrected chi connectivity index (χ3v) is 6.86. The lowest BCUT2D eigenvalue weighted by Crippen LogP contribution is -2.47. The summed E-state index contributed by atoms with van der Waals surface area (Å²) in [7, 11) is 3.83. The van der Waals surface area contributed by atoms with Crippen LogP contribution in [-0.2, 0) is 18.2 Å². The number of carbonyl (C=O) groups is 1. The number of hydrogen-bond acceptors (Lipinski definition) is 7. The fourth-order valence-electron chi connectivity index (χ4n) is 4.97. The van der Waals surface area contributed by atoms with Crippen LogP contribution in [0.1, 0.15) is 59.6 Å². The van der Waals surface area contributed by atoms with Crippen molar-refractivity contribution in [2.75, 3.05) is 31.6 Å². The number of amides is 1. The number of nitrogens with zero attached hydrogens (tertiary/aromatic N) is 5. The summed E-state index contributed by atoms with van der Waals surface area (Å²) in [4.78, 5) is 37.3. The molecule has 0 saturated carbocycles. The molecule has 10 heteroatoms. The number of ether oxygens (including phenoxy) is 2. The molecule has 1 amide bonds. The summed E-state index contributed by atoms with van der Waals surface area (Å²) >= 11 is 0. The van der Waals surface area contributed by atoms with Crippen molar-refractivity contribution in [1.29, 1.82) is 0 Å². The molecule has 4 rings (SSSR count). The number of carbonyl (C=O) groups excluding carboxylic acids is 1. The lowest BCUT2D eigenvalue weighted by atomic mass is 10.0. The van der Waals surface area contributed by atoms with Gasteiger partial charge in [-0.1, -0.05) is 13.3 Å². The van der Waals surface area contributed by atoms with E-state index in [1.54, 1.807) is 16.6 Å². The molecule has 0 atom stereocenters. The second kappa shape index (κ2) is 11.0. The fraction of sp³-hybridized carbons (Fsp3) is 0.571. The Morgan fingerprint density at radius 3 is 2.55 bits per heavy atom. The molecular weight excluding hydrogens is 484 g/mol. The lowest BCUT2D eigenvalue weighted by molar-refractivity contribution is 0.0205. The second-order valence-electron chi connectivity index (χ2n) is 10.9. The average molecular weight is 525 g/mol. The van der Waals surface area contributed by atoms with Gasteiger partial charge in [0.15, 0.2) is 5.52 Å². The van der Waals surface area contributed by atoms with Gasteiger partial charge < -0.3 is 24.3 Å². The molecule has 10 nitrogen and oxygen atoms in total. The van der Waals surface area contributed by atoms with Gasteiger partial charge in [-0.25, -0.2) is 4.79 Å². The number of H-pyrrole nitrogens is 1. The zero-order valence-corrected chi connectivity index (χ0v) is 23.6. The maximum atomic E-state index is 13.0. The van der Waals surface area contributed by atoms with Gasteiger partial charge in [0.05, 0.1) is 23.4 Å². The average Bonchev–Trinajstić information content (AvgIpc) is 3.18. The fourth-order valence-corrected chi connectivity index (χ4v) is 4.97. The van der Waals surface area contributed by atoms with Crippen molar-refractivity contribution < 1.29 is 14.3 Å². The minimum absolute atomic E-state index is 0.253. The molecule has 0 spiro atoms. The van der Waals surface area contributed by atoms with E-state index in [1.807, 2.05) is 45.9 Å². The predicted octanol–water partition coefficient (Wildman–Crippen LogP) is 4.51. The van der Waals surface area contributed by atoms with E-state index in [1.165, 1.54) is 0 Å². The third-order valence-electron chi connectivity index (χ3n) is 6.86. The van der Waals surface area contributed by atoms with E-state index in [4.69, 9.17) is 9.47 Å². The predicted molar refractivity (Wildman–Crippen MR) is 149 cm³/mol. The van der Waals surface area contributed by atoms with Crippen LogP contribution in [0.15, 0.2) is 23.0 Å². The van der Waals surface area contributed by atoms with Crippen LogP contribution in [0.3, 0.4) is 0 Å². The van der Waals surface area contributed by atoms with Crippen molar-refractivity contribution in [3.05, 3.63) is 34.2 Å². The third kappa shape index (κ3) is 5.79. The quantitative estimate of drug-likeness (QED) is 0.485. The molecule has 0 radical (unpaired) electrons.